The Kier molecular flexibility index (Phi) is 4.73. The molecule has 0 saturated heterocycles. The fourth-order valence-electron chi connectivity index (χ4n) is 1.93. The minimum atomic E-state index is -3.91. The van der Waals surface area contributed by atoms with Crippen LogP contribution in [0.15, 0.2) is 53.4 Å². The van der Waals surface area contributed by atoms with E-state index >= 15 is 0 Å². The molecule has 0 aliphatic heterocycles. The second-order valence-electron chi connectivity index (χ2n) is 4.77. The number of carbonyl (C=O) groups excluding carboxylic acids is 1. The molecule has 1 amide bonds. The first-order chi connectivity index (χ1) is 10.3. The molecule has 2 aromatic carbocycles. The Morgan fingerprint density at radius 2 is 1.82 bits per heavy atom. The van der Waals surface area contributed by atoms with Crippen LogP contribution in [0.2, 0.25) is 5.02 Å². The van der Waals surface area contributed by atoms with Gasteiger partial charge in [0.2, 0.25) is 5.91 Å². The molecule has 2 aromatic rings. The molecule has 0 aliphatic carbocycles. The van der Waals surface area contributed by atoms with E-state index in [2.05, 4.69) is 0 Å². The third-order valence-electron chi connectivity index (χ3n) is 3.00. The number of benzene rings is 2. The van der Waals surface area contributed by atoms with Gasteiger partial charge in [-0.3, -0.25) is 9.10 Å². The largest absolute Gasteiger partial charge is 0.368 e. The maximum Gasteiger partial charge on any atom is 0.264 e. The summed E-state index contributed by atoms with van der Waals surface area (Å²) in [5.74, 6) is -0.754. The SMILES string of the molecule is Cc1ccc(S(=O)(=O)N(CC(N)=O)c2cccc(Cl)c2)cc1. The Morgan fingerprint density at radius 3 is 2.36 bits per heavy atom. The number of nitrogens with two attached hydrogens (primary N) is 1. The molecule has 5 nitrogen and oxygen atoms in total. The number of halogens is 1. The molecule has 0 atom stereocenters. The van der Waals surface area contributed by atoms with Crippen LogP contribution in [-0.4, -0.2) is 20.9 Å². The smallest absolute Gasteiger partial charge is 0.264 e. The van der Waals surface area contributed by atoms with Gasteiger partial charge in [0, 0.05) is 5.02 Å². The van der Waals surface area contributed by atoms with Crippen LogP contribution in [0, 0.1) is 6.92 Å². The lowest BCUT2D eigenvalue weighted by atomic mass is 10.2. The summed E-state index contributed by atoms with van der Waals surface area (Å²) < 4.78 is 26.5. The first-order valence-electron chi connectivity index (χ1n) is 6.44. The number of carbonyl (C=O) groups is 1. The number of sulfonamides is 1. The van der Waals surface area contributed by atoms with Crippen molar-refractivity contribution in [3.63, 3.8) is 0 Å². The van der Waals surface area contributed by atoms with Gasteiger partial charge in [0.25, 0.3) is 10.0 Å². The summed E-state index contributed by atoms with van der Waals surface area (Å²) in [6.07, 6.45) is 0. The van der Waals surface area contributed by atoms with Crippen LogP contribution in [0.3, 0.4) is 0 Å². The lowest BCUT2D eigenvalue weighted by molar-refractivity contribution is -0.116. The van der Waals surface area contributed by atoms with Crippen LogP contribution >= 0.6 is 11.6 Å². The van der Waals surface area contributed by atoms with Gasteiger partial charge in [-0.15, -0.1) is 0 Å². The number of rotatable bonds is 5. The Balaban J connectivity index is 2.53. The van der Waals surface area contributed by atoms with Gasteiger partial charge in [-0.25, -0.2) is 8.42 Å². The van der Waals surface area contributed by atoms with Gasteiger partial charge < -0.3 is 5.73 Å². The summed E-state index contributed by atoms with van der Waals surface area (Å²) in [4.78, 5) is 11.4. The lowest BCUT2D eigenvalue weighted by Crippen LogP contribution is -2.38. The van der Waals surface area contributed by atoms with Crippen LogP contribution in [0.4, 0.5) is 5.69 Å². The molecule has 0 heterocycles. The van der Waals surface area contributed by atoms with Crippen molar-refractivity contribution in [2.75, 3.05) is 10.8 Å². The van der Waals surface area contributed by atoms with E-state index in [1.165, 1.54) is 18.2 Å². The molecule has 7 heteroatoms. The minimum absolute atomic E-state index is 0.0827. The molecule has 116 valence electrons. The highest BCUT2D eigenvalue weighted by atomic mass is 35.5. The highest BCUT2D eigenvalue weighted by Crippen LogP contribution is 2.26. The molecule has 0 fully saturated rings. The number of aryl methyl sites for hydroxylation is 1. The zero-order valence-electron chi connectivity index (χ0n) is 11.9. The number of nitrogens with zero attached hydrogens (tertiary/aromatic N) is 1. The zero-order valence-corrected chi connectivity index (χ0v) is 13.4. The van der Waals surface area contributed by atoms with Crippen molar-refractivity contribution in [2.24, 2.45) is 5.73 Å². The van der Waals surface area contributed by atoms with Crippen molar-refractivity contribution in [2.45, 2.75) is 11.8 Å². The van der Waals surface area contributed by atoms with E-state index in [0.717, 1.165) is 9.87 Å². The van der Waals surface area contributed by atoms with Crippen molar-refractivity contribution in [1.29, 1.82) is 0 Å². The predicted molar refractivity (Wildman–Crippen MR) is 86.4 cm³/mol. The summed E-state index contributed by atoms with van der Waals surface area (Å²) >= 11 is 5.90. The number of anilines is 1. The number of hydrogen-bond donors (Lipinski definition) is 1. The van der Waals surface area contributed by atoms with Crippen LogP contribution in [0.5, 0.6) is 0 Å². The van der Waals surface area contributed by atoms with E-state index in [4.69, 9.17) is 17.3 Å². The third kappa shape index (κ3) is 3.58. The zero-order chi connectivity index (χ0) is 16.3. The molecule has 0 bridgehead atoms. The van der Waals surface area contributed by atoms with E-state index < -0.39 is 22.5 Å². The first kappa shape index (κ1) is 16.3. The quantitative estimate of drug-likeness (QED) is 0.908. The minimum Gasteiger partial charge on any atom is -0.368 e. The molecule has 0 unspecified atom stereocenters. The number of hydrogen-bond acceptors (Lipinski definition) is 3. The summed E-state index contributed by atoms with van der Waals surface area (Å²) in [6.45, 7) is 1.39. The summed E-state index contributed by atoms with van der Waals surface area (Å²) in [7, 11) is -3.91. The molecule has 22 heavy (non-hydrogen) atoms. The van der Waals surface area contributed by atoms with Crippen molar-refractivity contribution >= 4 is 33.2 Å². The average molecular weight is 339 g/mol. The van der Waals surface area contributed by atoms with Gasteiger partial charge in [0.05, 0.1) is 10.6 Å². The van der Waals surface area contributed by atoms with E-state index in [-0.39, 0.29) is 10.6 Å². The normalized spacial score (nSPS) is 11.2. The Bertz CT molecular complexity index is 789. The fourth-order valence-corrected chi connectivity index (χ4v) is 3.53. The van der Waals surface area contributed by atoms with E-state index in [1.54, 1.807) is 30.3 Å². The Labute approximate surface area is 134 Å². The monoisotopic (exact) mass is 338 g/mol. The van der Waals surface area contributed by atoms with Crippen molar-refractivity contribution in [3.05, 3.63) is 59.1 Å². The highest BCUT2D eigenvalue weighted by molar-refractivity contribution is 7.92. The van der Waals surface area contributed by atoms with Gasteiger partial charge in [-0.1, -0.05) is 35.4 Å². The van der Waals surface area contributed by atoms with Crippen molar-refractivity contribution < 1.29 is 13.2 Å². The third-order valence-corrected chi connectivity index (χ3v) is 5.03. The average Bonchev–Trinajstić information content (AvgIpc) is 2.45. The predicted octanol–water partition coefficient (Wildman–Crippen LogP) is 2.33. The van der Waals surface area contributed by atoms with E-state index in [1.807, 2.05) is 6.92 Å². The molecule has 0 aromatic heterocycles. The topological polar surface area (TPSA) is 80.5 Å². The van der Waals surface area contributed by atoms with Crippen LogP contribution in [-0.2, 0) is 14.8 Å². The molecule has 0 spiro atoms. The highest BCUT2D eigenvalue weighted by Gasteiger charge is 2.26. The summed E-state index contributed by atoms with van der Waals surface area (Å²) in [6, 6.07) is 12.6. The Hall–Kier alpha value is -2.05. The van der Waals surface area contributed by atoms with Gasteiger partial charge in [0.15, 0.2) is 0 Å². The number of primary amides is 1. The van der Waals surface area contributed by atoms with Gasteiger partial charge in [0.1, 0.15) is 6.54 Å². The Morgan fingerprint density at radius 1 is 1.18 bits per heavy atom. The standard InChI is InChI=1S/C15H15ClN2O3S/c1-11-5-7-14(8-6-11)22(20,21)18(10-15(17)19)13-4-2-3-12(16)9-13/h2-9H,10H2,1H3,(H2,17,19). The summed E-state index contributed by atoms with van der Waals surface area (Å²) in [5, 5.41) is 0.367. The van der Waals surface area contributed by atoms with Gasteiger partial charge in [-0.2, -0.15) is 0 Å². The maximum atomic E-state index is 12.8. The molecule has 2 rings (SSSR count). The first-order valence-corrected chi connectivity index (χ1v) is 8.26. The van der Waals surface area contributed by atoms with Crippen LogP contribution < -0.4 is 10.0 Å². The fraction of sp³-hybridized carbons (Fsp3) is 0.133. The van der Waals surface area contributed by atoms with Crippen LogP contribution in [0.1, 0.15) is 5.56 Å². The molecular weight excluding hydrogens is 324 g/mol. The molecule has 0 aliphatic rings. The molecule has 0 radical (unpaired) electrons. The van der Waals surface area contributed by atoms with Gasteiger partial charge in [-0.05, 0) is 37.3 Å². The number of amides is 1. The van der Waals surface area contributed by atoms with Crippen molar-refractivity contribution in [3.8, 4) is 0 Å². The molecule has 0 saturated carbocycles. The molecule has 2 N–H and O–H groups in total. The van der Waals surface area contributed by atoms with E-state index in [9.17, 15) is 13.2 Å². The van der Waals surface area contributed by atoms with Crippen LogP contribution in [0.25, 0.3) is 0 Å². The van der Waals surface area contributed by atoms with Gasteiger partial charge >= 0.3 is 0 Å². The van der Waals surface area contributed by atoms with E-state index in [0.29, 0.717) is 5.02 Å². The lowest BCUT2D eigenvalue weighted by Gasteiger charge is -2.23. The maximum absolute atomic E-state index is 12.8. The van der Waals surface area contributed by atoms with Crippen molar-refractivity contribution in [1.82, 2.24) is 0 Å². The molecular formula is C15H15ClN2O3S. The summed E-state index contributed by atoms with van der Waals surface area (Å²) in [5.41, 5.74) is 6.41. The second kappa shape index (κ2) is 6.37. The second-order valence-corrected chi connectivity index (χ2v) is 7.07.